The van der Waals surface area contributed by atoms with E-state index in [-0.39, 0.29) is 18.9 Å². The number of benzene rings is 2. The number of halogens is 2. The second kappa shape index (κ2) is 8.61. The molecule has 3 aromatic rings. The molecule has 0 amide bonds. The molecule has 0 bridgehead atoms. The Morgan fingerprint density at radius 1 is 1.13 bits per heavy atom. The first-order valence-electron chi connectivity index (χ1n) is 9.80. The van der Waals surface area contributed by atoms with Crippen molar-refractivity contribution in [2.75, 3.05) is 6.79 Å². The van der Waals surface area contributed by atoms with Crippen LogP contribution in [0.4, 0.5) is 4.39 Å². The van der Waals surface area contributed by atoms with Crippen LogP contribution in [0.1, 0.15) is 38.4 Å². The second-order valence-electron chi connectivity index (χ2n) is 7.41. The number of ether oxygens (including phenoxy) is 2. The number of nitrogens with zero attached hydrogens (tertiary/aromatic N) is 1. The van der Waals surface area contributed by atoms with E-state index in [0.29, 0.717) is 46.4 Å². The van der Waals surface area contributed by atoms with Gasteiger partial charge in [-0.05, 0) is 43.7 Å². The monoisotopic (exact) mass is 444 g/mol. The van der Waals surface area contributed by atoms with Gasteiger partial charge in [0.25, 0.3) is 0 Å². The van der Waals surface area contributed by atoms with Gasteiger partial charge in [-0.2, -0.15) is 0 Å². The quantitative estimate of drug-likeness (QED) is 0.554. The van der Waals surface area contributed by atoms with Crippen molar-refractivity contribution in [3.05, 3.63) is 80.9 Å². The molecule has 0 atom stereocenters. The molecule has 0 unspecified atom stereocenters. The first-order chi connectivity index (χ1) is 14.9. The van der Waals surface area contributed by atoms with Crippen LogP contribution in [0.5, 0.6) is 11.5 Å². The highest BCUT2D eigenvalue weighted by molar-refractivity contribution is 6.31. The normalized spacial score (nSPS) is 12.4. The fourth-order valence-electron chi connectivity index (χ4n) is 3.91. The van der Waals surface area contributed by atoms with Gasteiger partial charge >= 0.3 is 5.97 Å². The smallest absolute Gasteiger partial charge is 0.337 e. The molecular weight excluding hydrogens is 423 g/mol. The van der Waals surface area contributed by atoms with Crippen molar-refractivity contribution >= 4 is 17.6 Å². The van der Waals surface area contributed by atoms with Gasteiger partial charge in [0, 0.05) is 40.6 Å². The third kappa shape index (κ3) is 4.11. The van der Waals surface area contributed by atoms with Crippen molar-refractivity contribution < 1.29 is 23.8 Å². The van der Waals surface area contributed by atoms with Crippen LogP contribution >= 0.6 is 11.6 Å². The minimum Gasteiger partial charge on any atom is -0.478 e. The third-order valence-electron chi connectivity index (χ3n) is 5.57. The van der Waals surface area contributed by atoms with E-state index in [1.807, 2.05) is 25.1 Å². The summed E-state index contributed by atoms with van der Waals surface area (Å²) in [4.78, 5) is 12.0. The summed E-state index contributed by atoms with van der Waals surface area (Å²) >= 11 is 6.18. The SMILES string of the molecule is Cc1c(CNCc2ccc3c(c2)OCO3)c(C(=O)O)c(C)n1Cc1c(F)cccc1Cl. The van der Waals surface area contributed by atoms with Crippen LogP contribution in [-0.2, 0) is 19.6 Å². The Morgan fingerprint density at radius 2 is 1.90 bits per heavy atom. The van der Waals surface area contributed by atoms with Crippen LogP contribution in [0.25, 0.3) is 0 Å². The summed E-state index contributed by atoms with van der Waals surface area (Å²) in [7, 11) is 0. The summed E-state index contributed by atoms with van der Waals surface area (Å²) in [5, 5.41) is 13.4. The summed E-state index contributed by atoms with van der Waals surface area (Å²) < 4.78 is 26.8. The summed E-state index contributed by atoms with van der Waals surface area (Å²) in [6.07, 6.45) is 0. The Morgan fingerprint density at radius 3 is 2.65 bits per heavy atom. The summed E-state index contributed by atoms with van der Waals surface area (Å²) in [6, 6.07) is 10.2. The number of hydrogen-bond donors (Lipinski definition) is 2. The third-order valence-corrected chi connectivity index (χ3v) is 5.92. The van der Waals surface area contributed by atoms with E-state index in [9.17, 15) is 14.3 Å². The highest BCUT2D eigenvalue weighted by Gasteiger charge is 2.23. The maximum atomic E-state index is 14.3. The Bertz CT molecular complexity index is 1140. The molecule has 0 radical (unpaired) electrons. The Hall–Kier alpha value is -3.03. The van der Waals surface area contributed by atoms with Crippen LogP contribution < -0.4 is 14.8 Å². The number of carbonyl (C=O) groups is 1. The van der Waals surface area contributed by atoms with Gasteiger partial charge in [0.1, 0.15) is 5.82 Å². The van der Waals surface area contributed by atoms with Crippen molar-refractivity contribution in [1.82, 2.24) is 9.88 Å². The number of carboxylic acids is 1. The van der Waals surface area contributed by atoms with Crippen molar-refractivity contribution in [3.8, 4) is 11.5 Å². The fourth-order valence-corrected chi connectivity index (χ4v) is 4.13. The zero-order chi connectivity index (χ0) is 22.1. The molecule has 0 spiro atoms. The number of aromatic carboxylic acids is 1. The van der Waals surface area contributed by atoms with Gasteiger partial charge in [0.2, 0.25) is 6.79 Å². The van der Waals surface area contributed by atoms with E-state index in [1.54, 1.807) is 23.6 Å². The molecule has 31 heavy (non-hydrogen) atoms. The average Bonchev–Trinajstić information content (AvgIpc) is 3.28. The van der Waals surface area contributed by atoms with Crippen molar-refractivity contribution in [1.29, 1.82) is 0 Å². The highest BCUT2D eigenvalue weighted by Crippen LogP contribution is 2.32. The summed E-state index contributed by atoms with van der Waals surface area (Å²) in [5.41, 5.74) is 3.54. The molecule has 2 N–H and O–H groups in total. The summed E-state index contributed by atoms with van der Waals surface area (Å²) in [5.74, 6) is -0.0176. The predicted molar refractivity (Wildman–Crippen MR) is 114 cm³/mol. The minimum absolute atomic E-state index is 0.158. The van der Waals surface area contributed by atoms with Crippen molar-refractivity contribution in [2.45, 2.75) is 33.5 Å². The zero-order valence-electron chi connectivity index (χ0n) is 17.2. The second-order valence-corrected chi connectivity index (χ2v) is 7.81. The van der Waals surface area contributed by atoms with Gasteiger partial charge in [-0.25, -0.2) is 9.18 Å². The molecule has 162 valence electrons. The number of fused-ring (bicyclic) bond motifs is 1. The number of nitrogens with one attached hydrogen (secondary N) is 1. The van der Waals surface area contributed by atoms with Gasteiger partial charge in [-0.3, -0.25) is 0 Å². The summed E-state index contributed by atoms with van der Waals surface area (Å²) in [6.45, 7) is 4.81. The Kier molecular flexibility index (Phi) is 5.89. The van der Waals surface area contributed by atoms with Crippen LogP contribution in [0, 0.1) is 19.7 Å². The molecule has 8 heteroatoms. The van der Waals surface area contributed by atoms with Crippen LogP contribution in [0.2, 0.25) is 5.02 Å². The van der Waals surface area contributed by atoms with Gasteiger partial charge in [0.05, 0.1) is 12.1 Å². The standard InChI is InChI=1S/C23H22ClFN2O4/c1-13-16(10-26-9-15-6-7-20-21(8-15)31-12-30-20)22(23(28)29)14(2)27(13)11-17-18(24)4-3-5-19(17)25/h3-8,26H,9-12H2,1-2H3,(H,28,29). The Labute approximate surface area is 184 Å². The lowest BCUT2D eigenvalue weighted by Crippen LogP contribution is -2.15. The maximum Gasteiger partial charge on any atom is 0.337 e. The molecule has 1 aliphatic heterocycles. The van der Waals surface area contributed by atoms with Crippen LogP contribution in [0.3, 0.4) is 0 Å². The van der Waals surface area contributed by atoms with Gasteiger partial charge in [-0.1, -0.05) is 23.7 Å². The molecule has 1 aromatic heterocycles. The lowest BCUT2D eigenvalue weighted by Gasteiger charge is -2.12. The van der Waals surface area contributed by atoms with Gasteiger partial charge in [-0.15, -0.1) is 0 Å². The van der Waals surface area contributed by atoms with Gasteiger partial charge in [0.15, 0.2) is 11.5 Å². The van der Waals surface area contributed by atoms with E-state index < -0.39 is 11.8 Å². The number of rotatable bonds is 7. The highest BCUT2D eigenvalue weighted by atomic mass is 35.5. The Balaban J connectivity index is 1.57. The molecular formula is C23H22ClFN2O4. The first-order valence-corrected chi connectivity index (χ1v) is 10.2. The molecule has 0 fully saturated rings. The molecule has 0 aliphatic carbocycles. The molecule has 2 heterocycles. The van der Waals surface area contributed by atoms with Crippen LogP contribution in [0.15, 0.2) is 36.4 Å². The predicted octanol–water partition coefficient (Wildman–Crippen LogP) is 4.66. The van der Waals surface area contributed by atoms with Crippen molar-refractivity contribution in [2.24, 2.45) is 0 Å². The van der Waals surface area contributed by atoms with Crippen molar-refractivity contribution in [3.63, 3.8) is 0 Å². The molecule has 4 rings (SSSR count). The maximum absolute atomic E-state index is 14.3. The molecule has 0 saturated carbocycles. The van der Waals surface area contributed by atoms with Gasteiger partial charge < -0.3 is 24.5 Å². The van der Waals surface area contributed by atoms with Crippen LogP contribution in [-0.4, -0.2) is 22.4 Å². The lowest BCUT2D eigenvalue weighted by molar-refractivity contribution is 0.0694. The fraction of sp³-hybridized carbons (Fsp3) is 0.261. The molecule has 6 nitrogen and oxygen atoms in total. The van der Waals surface area contributed by atoms with E-state index >= 15 is 0 Å². The average molecular weight is 445 g/mol. The molecule has 1 aliphatic rings. The zero-order valence-corrected chi connectivity index (χ0v) is 17.9. The van der Waals surface area contributed by atoms with E-state index in [1.165, 1.54) is 6.07 Å². The van der Waals surface area contributed by atoms with E-state index in [4.69, 9.17) is 21.1 Å². The topological polar surface area (TPSA) is 72.7 Å². The molecule has 0 saturated heterocycles. The van der Waals surface area contributed by atoms with E-state index in [2.05, 4.69) is 5.32 Å². The number of carboxylic acid groups (broad SMARTS) is 1. The number of hydrogen-bond acceptors (Lipinski definition) is 4. The number of aromatic nitrogens is 1. The minimum atomic E-state index is -1.01. The lowest BCUT2D eigenvalue weighted by atomic mass is 10.1. The first kappa shape index (κ1) is 21.2. The largest absolute Gasteiger partial charge is 0.478 e. The van der Waals surface area contributed by atoms with E-state index in [0.717, 1.165) is 11.3 Å². The molecule has 2 aromatic carbocycles.